The zero-order chi connectivity index (χ0) is 18.4. The van der Waals surface area contributed by atoms with Crippen LogP contribution in [0.25, 0.3) is 10.9 Å². The first-order valence-electron chi connectivity index (χ1n) is 7.21. The van der Waals surface area contributed by atoms with Crippen molar-refractivity contribution in [3.05, 3.63) is 65.3 Å². The second kappa shape index (κ2) is 8.12. The number of hydrogen-bond donors (Lipinski definition) is 3. The molecule has 0 spiro atoms. The minimum absolute atomic E-state index is 0.0768. The van der Waals surface area contributed by atoms with E-state index in [2.05, 4.69) is 10.3 Å². The number of para-hydroxylation sites is 1. The summed E-state index contributed by atoms with van der Waals surface area (Å²) in [7, 11) is 0. The molecule has 3 aromatic rings. The number of carboxylic acid groups (broad SMARTS) is 1. The molecule has 25 heavy (non-hydrogen) atoms. The zero-order valence-corrected chi connectivity index (χ0v) is 14.0. The van der Waals surface area contributed by atoms with Crippen molar-refractivity contribution in [2.45, 2.75) is 6.92 Å². The van der Waals surface area contributed by atoms with Gasteiger partial charge < -0.3 is 15.5 Å². The van der Waals surface area contributed by atoms with Crippen LogP contribution in [0.3, 0.4) is 0 Å². The van der Waals surface area contributed by atoms with Gasteiger partial charge in [-0.2, -0.15) is 0 Å². The molecule has 0 fully saturated rings. The Kier molecular flexibility index (Phi) is 5.92. The van der Waals surface area contributed by atoms with Crippen LogP contribution in [-0.2, 0) is 4.79 Å². The van der Waals surface area contributed by atoms with Gasteiger partial charge in [0.05, 0.1) is 5.52 Å². The summed E-state index contributed by atoms with van der Waals surface area (Å²) in [6, 6.07) is 13.8. The lowest BCUT2D eigenvalue weighted by molar-refractivity contribution is -0.134. The van der Waals surface area contributed by atoms with Gasteiger partial charge in [0.2, 0.25) is 0 Å². The van der Waals surface area contributed by atoms with Crippen molar-refractivity contribution in [3.8, 4) is 5.75 Å². The smallest absolute Gasteiger partial charge is 0.300 e. The highest BCUT2D eigenvalue weighted by Crippen LogP contribution is 2.27. The molecule has 3 rings (SSSR count). The van der Waals surface area contributed by atoms with Gasteiger partial charge in [-0.05, 0) is 36.4 Å². The Morgan fingerprint density at radius 1 is 1.08 bits per heavy atom. The van der Waals surface area contributed by atoms with Crippen molar-refractivity contribution >= 4 is 40.1 Å². The fourth-order valence-electron chi connectivity index (χ4n) is 2.02. The average Bonchev–Trinajstić information content (AvgIpc) is 2.57. The Hall–Kier alpha value is -3.12. The number of nitrogens with zero attached hydrogens (tertiary/aromatic N) is 1. The third-order valence-electron chi connectivity index (χ3n) is 3.09. The molecule has 7 heteroatoms. The first-order valence-corrected chi connectivity index (χ1v) is 7.59. The van der Waals surface area contributed by atoms with E-state index < -0.39 is 11.9 Å². The topological polar surface area (TPSA) is 99.5 Å². The number of anilines is 1. The summed E-state index contributed by atoms with van der Waals surface area (Å²) in [6.07, 6.45) is 1.36. The minimum Gasteiger partial charge on any atom is -0.506 e. The van der Waals surface area contributed by atoms with Gasteiger partial charge in [0.25, 0.3) is 11.9 Å². The molecule has 2 aromatic carbocycles. The molecular formula is C18H15ClN2O4. The maximum atomic E-state index is 12.2. The predicted molar refractivity (Wildman–Crippen MR) is 96.1 cm³/mol. The monoisotopic (exact) mass is 358 g/mol. The van der Waals surface area contributed by atoms with Gasteiger partial charge >= 0.3 is 0 Å². The van der Waals surface area contributed by atoms with Crippen molar-refractivity contribution in [2.75, 3.05) is 5.32 Å². The number of carbonyl (C=O) groups is 2. The number of carbonyl (C=O) groups excluding carboxylic acids is 1. The van der Waals surface area contributed by atoms with E-state index in [4.69, 9.17) is 21.5 Å². The summed E-state index contributed by atoms with van der Waals surface area (Å²) in [5.41, 5.74) is 1.36. The standard InChI is InChI=1S/C16H11ClN2O2.C2H4O2/c17-10-5-7-11(8-6-10)19-16(21)13-9-18-14-4-2-1-3-12(14)15(13)20;1-2(3)4/h1-9H,(H,18,20)(H,19,21);1H3,(H,3,4). The molecule has 0 aliphatic carbocycles. The van der Waals surface area contributed by atoms with Crippen LogP contribution in [0.1, 0.15) is 17.3 Å². The van der Waals surface area contributed by atoms with Crippen molar-refractivity contribution in [1.82, 2.24) is 4.98 Å². The van der Waals surface area contributed by atoms with Crippen LogP contribution >= 0.6 is 11.6 Å². The highest BCUT2D eigenvalue weighted by molar-refractivity contribution is 6.30. The van der Waals surface area contributed by atoms with Crippen molar-refractivity contribution in [1.29, 1.82) is 0 Å². The summed E-state index contributed by atoms with van der Waals surface area (Å²) in [6.45, 7) is 1.08. The Labute approximate surface area is 148 Å². The number of hydrogen-bond acceptors (Lipinski definition) is 4. The van der Waals surface area contributed by atoms with Gasteiger partial charge in [0.1, 0.15) is 11.3 Å². The van der Waals surface area contributed by atoms with E-state index in [0.29, 0.717) is 21.6 Å². The predicted octanol–water partition coefficient (Wildman–Crippen LogP) is 3.94. The molecule has 128 valence electrons. The first-order chi connectivity index (χ1) is 11.9. The van der Waals surface area contributed by atoms with Gasteiger partial charge in [-0.1, -0.05) is 23.7 Å². The maximum absolute atomic E-state index is 12.2. The third-order valence-corrected chi connectivity index (χ3v) is 3.35. The summed E-state index contributed by atoms with van der Waals surface area (Å²) >= 11 is 5.79. The summed E-state index contributed by atoms with van der Waals surface area (Å²) in [4.78, 5) is 25.4. The lowest BCUT2D eigenvalue weighted by Crippen LogP contribution is -2.12. The van der Waals surface area contributed by atoms with E-state index in [0.717, 1.165) is 6.92 Å². The lowest BCUT2D eigenvalue weighted by atomic mass is 10.1. The number of amides is 1. The van der Waals surface area contributed by atoms with Crippen molar-refractivity contribution in [2.24, 2.45) is 0 Å². The maximum Gasteiger partial charge on any atom is 0.300 e. The summed E-state index contributed by atoms with van der Waals surface area (Å²) in [5.74, 6) is -1.33. The molecule has 1 aromatic heterocycles. The number of aliphatic carboxylic acids is 1. The van der Waals surface area contributed by atoms with Crippen LogP contribution in [0.15, 0.2) is 54.7 Å². The van der Waals surface area contributed by atoms with E-state index in [9.17, 15) is 9.90 Å². The molecular weight excluding hydrogens is 344 g/mol. The molecule has 0 atom stereocenters. The molecule has 6 nitrogen and oxygen atoms in total. The van der Waals surface area contributed by atoms with Crippen LogP contribution in [0.2, 0.25) is 5.02 Å². The van der Waals surface area contributed by atoms with Crippen LogP contribution < -0.4 is 5.32 Å². The van der Waals surface area contributed by atoms with Crippen LogP contribution in [0, 0.1) is 0 Å². The molecule has 0 bridgehead atoms. The van der Waals surface area contributed by atoms with Crippen LogP contribution in [-0.4, -0.2) is 27.1 Å². The summed E-state index contributed by atoms with van der Waals surface area (Å²) < 4.78 is 0. The molecule has 1 heterocycles. The van der Waals surface area contributed by atoms with Crippen LogP contribution in [0.4, 0.5) is 5.69 Å². The Balaban J connectivity index is 0.000000511. The van der Waals surface area contributed by atoms with Gasteiger partial charge in [0.15, 0.2) is 0 Å². The summed E-state index contributed by atoms with van der Waals surface area (Å²) in [5, 5.41) is 21.5. The highest BCUT2D eigenvalue weighted by atomic mass is 35.5. The Morgan fingerprint density at radius 2 is 1.68 bits per heavy atom. The minimum atomic E-state index is -0.833. The van der Waals surface area contributed by atoms with Crippen molar-refractivity contribution < 1.29 is 19.8 Å². The number of fused-ring (bicyclic) bond motifs is 1. The normalized spacial score (nSPS) is 9.84. The highest BCUT2D eigenvalue weighted by Gasteiger charge is 2.14. The molecule has 0 aliphatic rings. The number of pyridine rings is 1. The lowest BCUT2D eigenvalue weighted by Gasteiger charge is -2.08. The Morgan fingerprint density at radius 3 is 2.32 bits per heavy atom. The van der Waals surface area contributed by atoms with Crippen molar-refractivity contribution in [3.63, 3.8) is 0 Å². The Bertz CT molecular complexity index is 907. The van der Waals surface area contributed by atoms with Gasteiger partial charge in [-0.3, -0.25) is 14.6 Å². The molecule has 0 saturated carbocycles. The fraction of sp³-hybridized carbons (Fsp3) is 0.0556. The second-order valence-corrected chi connectivity index (χ2v) is 5.45. The quantitative estimate of drug-likeness (QED) is 0.644. The molecule has 0 aliphatic heterocycles. The molecule has 0 radical (unpaired) electrons. The third kappa shape index (κ3) is 4.92. The van der Waals surface area contributed by atoms with Gasteiger partial charge in [0, 0.05) is 29.2 Å². The van der Waals surface area contributed by atoms with E-state index in [1.165, 1.54) is 6.20 Å². The first kappa shape index (κ1) is 18.2. The second-order valence-electron chi connectivity index (χ2n) is 5.02. The number of aromatic nitrogens is 1. The number of carboxylic acids is 1. The van der Waals surface area contributed by atoms with Crippen LogP contribution in [0.5, 0.6) is 5.75 Å². The van der Waals surface area contributed by atoms with E-state index in [-0.39, 0.29) is 11.3 Å². The number of nitrogens with one attached hydrogen (secondary N) is 1. The zero-order valence-electron chi connectivity index (χ0n) is 13.2. The van der Waals surface area contributed by atoms with E-state index in [1.807, 2.05) is 6.07 Å². The fourth-order valence-corrected chi connectivity index (χ4v) is 2.15. The largest absolute Gasteiger partial charge is 0.506 e. The number of aromatic hydroxyl groups is 1. The molecule has 3 N–H and O–H groups in total. The van der Waals surface area contributed by atoms with Gasteiger partial charge in [-0.25, -0.2) is 0 Å². The number of benzene rings is 2. The number of rotatable bonds is 2. The molecule has 0 saturated heterocycles. The number of halogens is 1. The SMILES string of the molecule is CC(=O)O.O=C(Nc1ccc(Cl)cc1)c1cnc2ccccc2c1O. The molecule has 1 amide bonds. The van der Waals surface area contributed by atoms with E-state index in [1.54, 1.807) is 42.5 Å². The van der Waals surface area contributed by atoms with Gasteiger partial charge in [-0.15, -0.1) is 0 Å². The molecule has 0 unspecified atom stereocenters. The average molecular weight is 359 g/mol. The van der Waals surface area contributed by atoms with E-state index >= 15 is 0 Å².